The van der Waals surface area contributed by atoms with E-state index >= 15 is 0 Å². The van der Waals surface area contributed by atoms with Gasteiger partial charge in [0.15, 0.2) is 0 Å². The van der Waals surface area contributed by atoms with Crippen molar-refractivity contribution in [2.45, 2.75) is 19.4 Å². The van der Waals surface area contributed by atoms with Gasteiger partial charge in [0, 0.05) is 23.8 Å². The SMILES string of the molecule is O=c1ccccn1CCCCOc1ccc(Cl)cc1. The number of ether oxygens (including phenoxy) is 1. The smallest absolute Gasteiger partial charge is 0.250 e. The summed E-state index contributed by atoms with van der Waals surface area (Å²) < 4.78 is 7.29. The number of hydrogen-bond acceptors (Lipinski definition) is 2. The lowest BCUT2D eigenvalue weighted by atomic mass is 10.3. The van der Waals surface area contributed by atoms with Crippen molar-refractivity contribution < 1.29 is 4.74 Å². The number of unbranched alkanes of at least 4 members (excludes halogenated alkanes) is 1. The zero-order chi connectivity index (χ0) is 13.5. The number of hydrogen-bond donors (Lipinski definition) is 0. The molecule has 0 unspecified atom stereocenters. The van der Waals surface area contributed by atoms with Crippen LogP contribution in [0.2, 0.25) is 5.02 Å². The number of rotatable bonds is 6. The Bertz CT molecular complexity index is 563. The lowest BCUT2D eigenvalue weighted by Gasteiger charge is -2.07. The lowest BCUT2D eigenvalue weighted by molar-refractivity contribution is 0.303. The fourth-order valence-corrected chi connectivity index (χ4v) is 1.88. The van der Waals surface area contributed by atoms with Crippen molar-refractivity contribution in [3.05, 3.63) is 64.0 Å². The number of nitrogens with zero attached hydrogens (tertiary/aromatic N) is 1. The van der Waals surface area contributed by atoms with Crippen LogP contribution in [0, 0.1) is 0 Å². The number of halogens is 1. The summed E-state index contributed by atoms with van der Waals surface area (Å²) in [5, 5.41) is 0.704. The Kier molecular flexibility index (Phi) is 5.04. The molecule has 0 N–H and O–H groups in total. The maximum absolute atomic E-state index is 11.5. The Morgan fingerprint density at radius 3 is 2.58 bits per heavy atom. The van der Waals surface area contributed by atoms with Gasteiger partial charge < -0.3 is 9.30 Å². The van der Waals surface area contributed by atoms with Crippen LogP contribution in [-0.2, 0) is 6.54 Å². The normalized spacial score (nSPS) is 10.4. The first-order valence-electron chi connectivity index (χ1n) is 6.29. The van der Waals surface area contributed by atoms with Crippen LogP contribution in [-0.4, -0.2) is 11.2 Å². The fraction of sp³-hybridized carbons (Fsp3) is 0.267. The zero-order valence-corrected chi connectivity index (χ0v) is 11.3. The molecule has 1 heterocycles. The minimum Gasteiger partial charge on any atom is -0.494 e. The number of pyridine rings is 1. The predicted octanol–water partition coefficient (Wildman–Crippen LogP) is 3.36. The third kappa shape index (κ3) is 4.45. The van der Waals surface area contributed by atoms with E-state index in [9.17, 15) is 4.79 Å². The molecule has 0 aliphatic rings. The molecule has 0 aliphatic carbocycles. The van der Waals surface area contributed by atoms with E-state index in [0.717, 1.165) is 25.1 Å². The summed E-state index contributed by atoms with van der Waals surface area (Å²) in [5.41, 5.74) is 0.0427. The molecule has 3 nitrogen and oxygen atoms in total. The van der Waals surface area contributed by atoms with E-state index < -0.39 is 0 Å². The third-order valence-electron chi connectivity index (χ3n) is 2.77. The summed E-state index contributed by atoms with van der Waals surface area (Å²) in [6.45, 7) is 1.37. The summed E-state index contributed by atoms with van der Waals surface area (Å²) in [5.74, 6) is 0.821. The average molecular weight is 278 g/mol. The Balaban J connectivity index is 1.69. The molecule has 0 fully saturated rings. The molecule has 1 aromatic heterocycles. The van der Waals surface area contributed by atoms with Crippen LogP contribution in [0.5, 0.6) is 5.75 Å². The minimum atomic E-state index is 0.0427. The molecule has 2 aromatic rings. The Morgan fingerprint density at radius 2 is 1.84 bits per heavy atom. The van der Waals surface area contributed by atoms with Crippen LogP contribution in [0.15, 0.2) is 53.5 Å². The summed E-state index contributed by atoms with van der Waals surface area (Å²) in [6.07, 6.45) is 3.63. The van der Waals surface area contributed by atoms with E-state index in [0.29, 0.717) is 11.6 Å². The average Bonchev–Trinajstić information content (AvgIpc) is 2.42. The molecule has 0 saturated heterocycles. The minimum absolute atomic E-state index is 0.0427. The second-order valence-corrected chi connectivity index (χ2v) is 4.68. The van der Waals surface area contributed by atoms with Gasteiger partial charge >= 0.3 is 0 Å². The van der Waals surface area contributed by atoms with Gasteiger partial charge in [0.25, 0.3) is 0 Å². The second kappa shape index (κ2) is 7.00. The van der Waals surface area contributed by atoms with Crippen molar-refractivity contribution >= 4 is 11.6 Å². The van der Waals surface area contributed by atoms with Gasteiger partial charge in [-0.15, -0.1) is 0 Å². The summed E-state index contributed by atoms with van der Waals surface area (Å²) in [7, 11) is 0. The van der Waals surface area contributed by atoms with Crippen LogP contribution >= 0.6 is 11.6 Å². The quantitative estimate of drug-likeness (QED) is 0.758. The molecule has 0 spiro atoms. The summed E-state index contributed by atoms with van der Waals surface area (Å²) in [6, 6.07) is 12.5. The molecule has 1 aromatic carbocycles. The van der Waals surface area contributed by atoms with E-state index in [-0.39, 0.29) is 5.56 Å². The van der Waals surface area contributed by atoms with Crippen LogP contribution in [0.1, 0.15) is 12.8 Å². The molecular formula is C15H16ClNO2. The topological polar surface area (TPSA) is 31.2 Å². The van der Waals surface area contributed by atoms with Crippen molar-refractivity contribution in [2.75, 3.05) is 6.61 Å². The van der Waals surface area contributed by atoms with Gasteiger partial charge in [0.2, 0.25) is 5.56 Å². The molecule has 100 valence electrons. The van der Waals surface area contributed by atoms with Gasteiger partial charge in [-0.05, 0) is 43.2 Å². The highest BCUT2D eigenvalue weighted by atomic mass is 35.5. The van der Waals surface area contributed by atoms with Gasteiger partial charge in [-0.2, -0.15) is 0 Å². The number of aromatic nitrogens is 1. The maximum atomic E-state index is 11.5. The van der Waals surface area contributed by atoms with Gasteiger partial charge in [-0.1, -0.05) is 17.7 Å². The fourth-order valence-electron chi connectivity index (χ4n) is 1.75. The van der Waals surface area contributed by atoms with Crippen molar-refractivity contribution in [2.24, 2.45) is 0 Å². The molecular weight excluding hydrogens is 262 g/mol. The van der Waals surface area contributed by atoms with E-state index in [4.69, 9.17) is 16.3 Å². The number of benzene rings is 1. The van der Waals surface area contributed by atoms with Gasteiger partial charge in [-0.3, -0.25) is 4.79 Å². The molecule has 0 saturated carbocycles. The van der Waals surface area contributed by atoms with Crippen molar-refractivity contribution in [3.63, 3.8) is 0 Å². The molecule has 2 rings (SSSR count). The van der Waals surface area contributed by atoms with Crippen LogP contribution in [0.25, 0.3) is 0 Å². The molecule has 0 radical (unpaired) electrons. The lowest BCUT2D eigenvalue weighted by Crippen LogP contribution is -2.17. The highest BCUT2D eigenvalue weighted by Crippen LogP contribution is 2.15. The van der Waals surface area contributed by atoms with Crippen molar-refractivity contribution in [3.8, 4) is 5.75 Å². The monoisotopic (exact) mass is 277 g/mol. The Morgan fingerprint density at radius 1 is 1.05 bits per heavy atom. The largest absolute Gasteiger partial charge is 0.494 e. The standard InChI is InChI=1S/C15H16ClNO2/c16-13-6-8-14(9-7-13)19-12-4-3-11-17-10-2-1-5-15(17)18/h1-2,5-10H,3-4,11-12H2. The Hall–Kier alpha value is -1.74. The first-order chi connectivity index (χ1) is 9.25. The first-order valence-corrected chi connectivity index (χ1v) is 6.67. The number of aryl methyl sites for hydroxylation is 1. The first kappa shape index (κ1) is 13.7. The highest BCUT2D eigenvalue weighted by Gasteiger charge is 1.96. The van der Waals surface area contributed by atoms with Crippen LogP contribution < -0.4 is 10.3 Å². The summed E-state index contributed by atoms with van der Waals surface area (Å²) >= 11 is 5.79. The highest BCUT2D eigenvalue weighted by molar-refractivity contribution is 6.30. The van der Waals surface area contributed by atoms with Gasteiger partial charge in [-0.25, -0.2) is 0 Å². The predicted molar refractivity (Wildman–Crippen MR) is 76.9 cm³/mol. The molecule has 4 heteroatoms. The second-order valence-electron chi connectivity index (χ2n) is 4.24. The molecule has 0 amide bonds. The molecule has 19 heavy (non-hydrogen) atoms. The maximum Gasteiger partial charge on any atom is 0.250 e. The molecule has 0 atom stereocenters. The van der Waals surface area contributed by atoms with Crippen molar-refractivity contribution in [1.82, 2.24) is 4.57 Å². The molecule has 0 aliphatic heterocycles. The third-order valence-corrected chi connectivity index (χ3v) is 3.03. The zero-order valence-electron chi connectivity index (χ0n) is 10.6. The van der Waals surface area contributed by atoms with Gasteiger partial charge in [0.05, 0.1) is 6.61 Å². The van der Waals surface area contributed by atoms with E-state index in [1.165, 1.54) is 0 Å². The van der Waals surface area contributed by atoms with Crippen LogP contribution in [0.4, 0.5) is 0 Å². The Labute approximate surface area is 117 Å². The van der Waals surface area contributed by atoms with Gasteiger partial charge in [0.1, 0.15) is 5.75 Å². The van der Waals surface area contributed by atoms with Crippen LogP contribution in [0.3, 0.4) is 0 Å². The summed E-state index contributed by atoms with van der Waals surface area (Å²) in [4.78, 5) is 11.5. The van der Waals surface area contributed by atoms with E-state index in [1.54, 1.807) is 28.8 Å². The van der Waals surface area contributed by atoms with E-state index in [1.807, 2.05) is 24.4 Å². The molecule has 0 bridgehead atoms. The van der Waals surface area contributed by atoms with E-state index in [2.05, 4.69) is 0 Å². The van der Waals surface area contributed by atoms with Crippen molar-refractivity contribution in [1.29, 1.82) is 0 Å².